The quantitative estimate of drug-likeness (QED) is 0.462. The molecule has 0 bridgehead atoms. The Labute approximate surface area is 137 Å². The summed E-state index contributed by atoms with van der Waals surface area (Å²) in [5.41, 5.74) is 10.3. The van der Waals surface area contributed by atoms with Crippen LogP contribution in [0.15, 0.2) is 28.9 Å². The molecule has 0 spiro atoms. The van der Waals surface area contributed by atoms with Crippen molar-refractivity contribution in [2.45, 2.75) is 6.42 Å². The molecule has 2 aromatic rings. The fourth-order valence-electron chi connectivity index (χ4n) is 1.71. The van der Waals surface area contributed by atoms with E-state index < -0.39 is 11.8 Å². The van der Waals surface area contributed by atoms with Crippen LogP contribution >= 0.6 is 0 Å². The monoisotopic (exact) mass is 335 g/mol. The number of hydrogen-bond acceptors (Lipinski definition) is 8. The number of nitrogens with one attached hydrogen (secondary N) is 2. The number of ether oxygens (including phenoxy) is 2. The number of nitrogens with zero attached hydrogens (tertiary/aromatic N) is 2. The van der Waals surface area contributed by atoms with Crippen LogP contribution in [0, 0.1) is 0 Å². The normalized spacial score (nSPS) is 10.2. The predicted octanol–water partition coefficient (Wildman–Crippen LogP) is -0.319. The molecule has 0 aliphatic heterocycles. The maximum Gasteiger partial charge on any atom is 0.295 e. The van der Waals surface area contributed by atoms with Crippen LogP contribution in [0.5, 0.6) is 5.75 Å². The molecule has 0 aliphatic carbocycles. The molecule has 0 atom stereocenters. The van der Waals surface area contributed by atoms with E-state index in [1.165, 1.54) is 0 Å². The van der Waals surface area contributed by atoms with Crippen LogP contribution in [0.4, 0.5) is 5.82 Å². The fourth-order valence-corrected chi connectivity index (χ4v) is 1.71. The molecular formula is C14H17N5O5. The Morgan fingerprint density at radius 1 is 1.17 bits per heavy atom. The lowest BCUT2D eigenvalue weighted by atomic mass is 10.1. The summed E-state index contributed by atoms with van der Waals surface area (Å²) in [5.74, 6) is -0.611. The Morgan fingerprint density at radius 3 is 2.54 bits per heavy atom. The third-order valence-electron chi connectivity index (χ3n) is 2.89. The molecule has 4 N–H and O–H groups in total. The molecule has 1 aromatic carbocycles. The molecule has 2 rings (SSSR count). The number of aromatic nitrogens is 2. The number of methoxy groups -OCH3 is 1. The first kappa shape index (κ1) is 17.2. The fraction of sp³-hybridized carbons (Fsp3) is 0.286. The van der Waals surface area contributed by atoms with Crippen LogP contribution < -0.4 is 21.3 Å². The highest BCUT2D eigenvalue weighted by atomic mass is 16.6. The number of amides is 2. The third-order valence-corrected chi connectivity index (χ3v) is 2.89. The second-order valence-corrected chi connectivity index (χ2v) is 4.66. The van der Waals surface area contributed by atoms with Gasteiger partial charge in [0, 0.05) is 7.11 Å². The summed E-state index contributed by atoms with van der Waals surface area (Å²) < 4.78 is 14.6. The van der Waals surface area contributed by atoms with Gasteiger partial charge in [0.2, 0.25) is 17.4 Å². The number of benzene rings is 1. The summed E-state index contributed by atoms with van der Waals surface area (Å²) in [5, 5.41) is 6.59. The second kappa shape index (κ2) is 8.48. The van der Waals surface area contributed by atoms with E-state index in [2.05, 4.69) is 25.8 Å². The van der Waals surface area contributed by atoms with Gasteiger partial charge < -0.3 is 15.2 Å². The first-order valence-corrected chi connectivity index (χ1v) is 6.98. The Morgan fingerprint density at radius 2 is 1.92 bits per heavy atom. The standard InChI is InChI=1S/C14H17N5O5/c1-22-6-7-23-10-4-2-9(3-5-10)8-11(20)16-17-14(21)12-13(15)19-24-18-12/h2-5H,6-8H2,1H3,(H2,15,19)(H,16,20)(H,17,21). The molecule has 0 radical (unpaired) electrons. The first-order valence-electron chi connectivity index (χ1n) is 6.98. The van der Waals surface area contributed by atoms with E-state index >= 15 is 0 Å². The number of nitrogen functional groups attached to an aromatic ring is 1. The molecule has 1 heterocycles. The molecule has 2 amide bonds. The van der Waals surface area contributed by atoms with Crippen molar-refractivity contribution >= 4 is 17.6 Å². The average Bonchev–Trinajstić information content (AvgIpc) is 3.01. The van der Waals surface area contributed by atoms with Gasteiger partial charge in [0.1, 0.15) is 12.4 Å². The highest BCUT2D eigenvalue weighted by molar-refractivity contribution is 5.97. The van der Waals surface area contributed by atoms with Gasteiger partial charge in [-0.1, -0.05) is 12.1 Å². The topological polar surface area (TPSA) is 142 Å². The van der Waals surface area contributed by atoms with Gasteiger partial charge in [0.15, 0.2) is 0 Å². The Bertz CT molecular complexity index is 685. The molecule has 24 heavy (non-hydrogen) atoms. The molecule has 0 saturated heterocycles. The van der Waals surface area contributed by atoms with Crippen molar-refractivity contribution < 1.29 is 23.7 Å². The highest BCUT2D eigenvalue weighted by Gasteiger charge is 2.16. The van der Waals surface area contributed by atoms with Gasteiger partial charge in [-0.15, -0.1) is 0 Å². The molecule has 1 aromatic heterocycles. The number of hydrogen-bond donors (Lipinski definition) is 3. The minimum Gasteiger partial charge on any atom is -0.491 e. The molecule has 10 nitrogen and oxygen atoms in total. The zero-order chi connectivity index (χ0) is 17.4. The molecule has 0 aliphatic rings. The maximum absolute atomic E-state index is 11.8. The van der Waals surface area contributed by atoms with Crippen molar-refractivity contribution in [3.05, 3.63) is 35.5 Å². The zero-order valence-corrected chi connectivity index (χ0v) is 12.9. The largest absolute Gasteiger partial charge is 0.491 e. The number of nitrogens with two attached hydrogens (primary N) is 1. The number of carbonyl (C=O) groups excluding carboxylic acids is 2. The first-order chi connectivity index (χ1) is 11.6. The van der Waals surface area contributed by atoms with Crippen LogP contribution in [-0.4, -0.2) is 42.5 Å². The summed E-state index contributed by atoms with van der Waals surface area (Å²) in [6.45, 7) is 0.942. The average molecular weight is 335 g/mol. The van der Waals surface area contributed by atoms with Gasteiger partial charge in [-0.3, -0.25) is 20.4 Å². The smallest absolute Gasteiger partial charge is 0.295 e. The Balaban J connectivity index is 1.78. The van der Waals surface area contributed by atoms with E-state index in [0.717, 1.165) is 5.56 Å². The summed E-state index contributed by atoms with van der Waals surface area (Å²) in [6.07, 6.45) is 0.0746. The van der Waals surface area contributed by atoms with Crippen molar-refractivity contribution in [3.63, 3.8) is 0 Å². The SMILES string of the molecule is COCCOc1ccc(CC(=O)NNC(=O)c2nonc2N)cc1. The van der Waals surface area contributed by atoms with E-state index in [1.54, 1.807) is 31.4 Å². The zero-order valence-electron chi connectivity index (χ0n) is 12.9. The van der Waals surface area contributed by atoms with Gasteiger partial charge in [0.25, 0.3) is 5.91 Å². The lowest BCUT2D eigenvalue weighted by Gasteiger charge is -2.08. The van der Waals surface area contributed by atoms with Crippen molar-refractivity contribution in [2.24, 2.45) is 0 Å². The second-order valence-electron chi connectivity index (χ2n) is 4.66. The Kier molecular flexibility index (Phi) is 6.08. The third kappa shape index (κ3) is 4.95. The van der Waals surface area contributed by atoms with Crippen molar-refractivity contribution in [1.82, 2.24) is 21.2 Å². The number of carbonyl (C=O) groups is 2. The minimum atomic E-state index is -0.719. The number of rotatable bonds is 7. The van der Waals surface area contributed by atoms with Crippen LogP contribution in [0.3, 0.4) is 0 Å². The summed E-state index contributed by atoms with van der Waals surface area (Å²) >= 11 is 0. The van der Waals surface area contributed by atoms with Gasteiger partial charge in [-0.2, -0.15) is 0 Å². The van der Waals surface area contributed by atoms with Crippen LogP contribution in [-0.2, 0) is 16.0 Å². The summed E-state index contributed by atoms with van der Waals surface area (Å²) in [4.78, 5) is 23.5. The van der Waals surface area contributed by atoms with E-state index in [9.17, 15) is 9.59 Å². The van der Waals surface area contributed by atoms with E-state index in [-0.39, 0.29) is 17.9 Å². The molecule has 0 unspecified atom stereocenters. The van der Waals surface area contributed by atoms with Crippen molar-refractivity contribution in [1.29, 1.82) is 0 Å². The predicted molar refractivity (Wildman–Crippen MR) is 81.8 cm³/mol. The van der Waals surface area contributed by atoms with E-state index in [4.69, 9.17) is 15.2 Å². The van der Waals surface area contributed by atoms with E-state index in [0.29, 0.717) is 19.0 Å². The molecule has 0 fully saturated rings. The maximum atomic E-state index is 11.8. The van der Waals surface area contributed by atoms with Crippen LogP contribution in [0.2, 0.25) is 0 Å². The van der Waals surface area contributed by atoms with Gasteiger partial charge in [-0.05, 0) is 28.0 Å². The van der Waals surface area contributed by atoms with Crippen LogP contribution in [0.25, 0.3) is 0 Å². The van der Waals surface area contributed by atoms with E-state index in [1.807, 2.05) is 0 Å². The van der Waals surface area contributed by atoms with Gasteiger partial charge in [0.05, 0.1) is 13.0 Å². The summed E-state index contributed by atoms with van der Waals surface area (Å²) in [7, 11) is 1.59. The number of anilines is 1. The van der Waals surface area contributed by atoms with Gasteiger partial charge in [-0.25, -0.2) is 4.63 Å². The summed E-state index contributed by atoms with van der Waals surface area (Å²) in [6, 6.07) is 7.00. The number of hydrazine groups is 1. The Hall–Kier alpha value is -3.14. The van der Waals surface area contributed by atoms with Gasteiger partial charge >= 0.3 is 0 Å². The highest BCUT2D eigenvalue weighted by Crippen LogP contribution is 2.12. The molecular weight excluding hydrogens is 318 g/mol. The molecule has 0 saturated carbocycles. The van der Waals surface area contributed by atoms with Crippen LogP contribution in [0.1, 0.15) is 16.1 Å². The minimum absolute atomic E-state index is 0.0746. The molecule has 10 heteroatoms. The van der Waals surface area contributed by atoms with Crippen molar-refractivity contribution in [2.75, 3.05) is 26.1 Å². The van der Waals surface area contributed by atoms with Crippen molar-refractivity contribution in [3.8, 4) is 5.75 Å². The molecule has 128 valence electrons. The lowest BCUT2D eigenvalue weighted by Crippen LogP contribution is -2.42. The lowest BCUT2D eigenvalue weighted by molar-refractivity contribution is -0.121.